The quantitative estimate of drug-likeness (QED) is 0.108. The number of nitrogen functional groups attached to an aromatic ring is 1. The minimum atomic E-state index is -5.92. The summed E-state index contributed by atoms with van der Waals surface area (Å²) in [4.78, 5) is 52.4. The first-order valence-corrected chi connectivity index (χ1v) is 15.1. The Morgan fingerprint density at radius 2 is 1.74 bits per heavy atom. The molecular formula is C15H26N3O18P3. The number of nitrogens with zero attached hydrogens (tertiary/aromatic N) is 2. The molecule has 2 aliphatic heterocycles. The van der Waals surface area contributed by atoms with Gasteiger partial charge in [0.05, 0.1) is 13.2 Å². The van der Waals surface area contributed by atoms with E-state index >= 15 is 0 Å². The fraction of sp³-hybridized carbons (Fsp3) is 0.733. The van der Waals surface area contributed by atoms with Gasteiger partial charge in [0.15, 0.2) is 12.5 Å². The SMILES string of the molecule is C[C@]1(O)C(OC[C@H]2O[C@@H](n3ccc(N)nc3=O)[C@H](O)[C@@H]2OP(=O)(O)OP(=O)(O)OP(=O)(O)O)O[C@H](CO)[C@H]1O. The molecule has 3 unspecified atom stereocenters. The molecule has 24 heteroatoms. The lowest BCUT2D eigenvalue weighted by atomic mass is 9.98. The van der Waals surface area contributed by atoms with Crippen LogP contribution in [-0.4, -0.2) is 105 Å². The van der Waals surface area contributed by atoms with Crippen LogP contribution >= 0.6 is 23.5 Å². The van der Waals surface area contributed by atoms with Crippen LogP contribution in [0.1, 0.15) is 13.2 Å². The summed E-state index contributed by atoms with van der Waals surface area (Å²) in [5, 5.41) is 40.6. The first-order chi connectivity index (χ1) is 17.8. The number of phosphoric ester groups is 1. The summed E-state index contributed by atoms with van der Waals surface area (Å²) in [5.74, 6) is -0.203. The molecule has 2 saturated heterocycles. The molecule has 2 fully saturated rings. The van der Waals surface area contributed by atoms with E-state index in [1.807, 2.05) is 0 Å². The van der Waals surface area contributed by atoms with Crippen molar-refractivity contribution in [2.75, 3.05) is 18.9 Å². The van der Waals surface area contributed by atoms with E-state index < -0.39 is 91.0 Å². The summed E-state index contributed by atoms with van der Waals surface area (Å²) >= 11 is 0. The number of ether oxygens (including phenoxy) is 3. The van der Waals surface area contributed by atoms with Crippen molar-refractivity contribution < 1.29 is 81.1 Å². The van der Waals surface area contributed by atoms with Crippen molar-refractivity contribution >= 4 is 29.3 Å². The van der Waals surface area contributed by atoms with Crippen LogP contribution in [0.5, 0.6) is 0 Å². The maximum atomic E-state index is 12.4. The van der Waals surface area contributed by atoms with Gasteiger partial charge in [-0.3, -0.25) is 9.09 Å². The maximum Gasteiger partial charge on any atom is 0.490 e. The molecule has 3 heterocycles. The number of phosphoric acid groups is 3. The number of aliphatic hydroxyl groups is 4. The molecule has 21 nitrogen and oxygen atoms in total. The van der Waals surface area contributed by atoms with Crippen LogP contribution in [0.15, 0.2) is 17.1 Å². The number of hydrogen-bond acceptors (Lipinski definition) is 16. The Hall–Kier alpha value is -1.19. The van der Waals surface area contributed by atoms with Crippen LogP contribution in [0.3, 0.4) is 0 Å². The number of hydrogen-bond donors (Lipinski definition) is 9. The van der Waals surface area contributed by atoms with Crippen molar-refractivity contribution in [3.8, 4) is 0 Å². The highest BCUT2D eigenvalue weighted by Gasteiger charge is 2.55. The minimum absolute atomic E-state index is 0.203. The third kappa shape index (κ3) is 7.76. The van der Waals surface area contributed by atoms with E-state index in [0.29, 0.717) is 4.57 Å². The van der Waals surface area contributed by atoms with Crippen molar-refractivity contribution in [2.45, 2.75) is 55.6 Å². The Labute approximate surface area is 217 Å². The molecule has 224 valence electrons. The molecular weight excluding hydrogens is 603 g/mol. The monoisotopic (exact) mass is 629 g/mol. The lowest BCUT2D eigenvalue weighted by molar-refractivity contribution is -0.216. The van der Waals surface area contributed by atoms with Gasteiger partial charge in [-0.05, 0) is 13.0 Å². The molecule has 0 amide bonds. The van der Waals surface area contributed by atoms with Gasteiger partial charge in [-0.2, -0.15) is 13.6 Å². The average molecular weight is 629 g/mol. The Morgan fingerprint density at radius 1 is 1.10 bits per heavy atom. The molecule has 2 aliphatic rings. The van der Waals surface area contributed by atoms with Gasteiger partial charge in [0.2, 0.25) is 0 Å². The standard InChI is InChI=1S/C15H26N3O18P3/c1-15(23)11(21)6(4-19)33-13(15)31-5-7-10(34-38(27,28)36-39(29,30)35-37(24,25)26)9(20)12(32-7)18-3-2-8(16)17-14(18)22/h2-3,6-7,9-13,19-21,23H,4-5H2,1H3,(H,27,28)(H,29,30)(H2,16,17,22)(H2,24,25,26)/t6-,7-,9-,10-,11-,12-,13?,15-/m1/s1. The number of anilines is 1. The van der Waals surface area contributed by atoms with Gasteiger partial charge in [-0.1, -0.05) is 0 Å². The zero-order chi connectivity index (χ0) is 29.6. The van der Waals surface area contributed by atoms with E-state index in [-0.39, 0.29) is 5.82 Å². The summed E-state index contributed by atoms with van der Waals surface area (Å²) < 4.78 is 63.8. The van der Waals surface area contributed by atoms with Crippen LogP contribution < -0.4 is 11.4 Å². The molecule has 1 aromatic rings. The average Bonchev–Trinajstić information content (AvgIpc) is 3.16. The maximum absolute atomic E-state index is 12.4. The van der Waals surface area contributed by atoms with E-state index in [1.165, 1.54) is 0 Å². The zero-order valence-electron chi connectivity index (χ0n) is 19.6. The largest absolute Gasteiger partial charge is 0.490 e. The second kappa shape index (κ2) is 11.6. The number of aromatic nitrogens is 2. The van der Waals surface area contributed by atoms with Gasteiger partial charge in [-0.25, -0.2) is 18.5 Å². The van der Waals surface area contributed by atoms with Crippen LogP contribution in [0, 0.1) is 0 Å². The van der Waals surface area contributed by atoms with E-state index in [4.69, 9.17) is 34.3 Å². The van der Waals surface area contributed by atoms with E-state index in [2.05, 4.69) is 13.6 Å². The van der Waals surface area contributed by atoms with Gasteiger partial charge in [0, 0.05) is 6.20 Å². The van der Waals surface area contributed by atoms with Gasteiger partial charge in [0.25, 0.3) is 0 Å². The Balaban J connectivity index is 1.86. The predicted molar refractivity (Wildman–Crippen MR) is 120 cm³/mol. The topological polar surface area (TPSA) is 329 Å². The summed E-state index contributed by atoms with van der Waals surface area (Å²) in [7, 11) is -17.4. The number of aliphatic hydroxyl groups excluding tert-OH is 3. The molecule has 0 bridgehead atoms. The fourth-order valence-corrected chi connectivity index (χ4v) is 6.93. The third-order valence-corrected chi connectivity index (χ3v) is 9.26. The second-order valence-corrected chi connectivity index (χ2v) is 12.8. The molecule has 3 rings (SSSR count). The predicted octanol–water partition coefficient (Wildman–Crippen LogP) is -3.36. The smallest absolute Gasteiger partial charge is 0.394 e. The molecule has 0 aromatic carbocycles. The fourth-order valence-electron chi connectivity index (χ4n) is 3.71. The Bertz CT molecular complexity index is 1240. The molecule has 0 saturated carbocycles. The Kier molecular flexibility index (Phi) is 9.61. The van der Waals surface area contributed by atoms with Crippen molar-refractivity contribution in [3.63, 3.8) is 0 Å². The highest BCUT2D eigenvalue weighted by Crippen LogP contribution is 2.67. The van der Waals surface area contributed by atoms with Gasteiger partial charge >= 0.3 is 29.2 Å². The zero-order valence-corrected chi connectivity index (χ0v) is 22.3. The third-order valence-electron chi connectivity index (χ3n) is 5.42. The van der Waals surface area contributed by atoms with E-state index in [0.717, 1.165) is 19.2 Å². The number of rotatable bonds is 11. The molecule has 0 aliphatic carbocycles. The van der Waals surface area contributed by atoms with Crippen LogP contribution in [0.25, 0.3) is 0 Å². The summed E-state index contributed by atoms with van der Waals surface area (Å²) in [6.07, 6.45) is -10.9. The van der Waals surface area contributed by atoms with Crippen molar-refractivity contribution in [1.82, 2.24) is 9.55 Å². The molecule has 0 radical (unpaired) electrons. The summed E-state index contributed by atoms with van der Waals surface area (Å²) in [5.41, 5.74) is 2.29. The van der Waals surface area contributed by atoms with Crippen LogP contribution in [0.2, 0.25) is 0 Å². The van der Waals surface area contributed by atoms with Crippen LogP contribution in [0.4, 0.5) is 5.82 Å². The van der Waals surface area contributed by atoms with Gasteiger partial charge in [0.1, 0.15) is 41.9 Å². The second-order valence-electron chi connectivity index (χ2n) is 8.45. The van der Waals surface area contributed by atoms with Crippen LogP contribution in [-0.2, 0) is 41.1 Å². The molecule has 10 atom stereocenters. The first-order valence-electron chi connectivity index (χ1n) is 10.5. The molecule has 10 N–H and O–H groups in total. The normalized spacial score (nSPS) is 36.5. The Morgan fingerprint density at radius 3 is 2.28 bits per heavy atom. The lowest BCUT2D eigenvalue weighted by Gasteiger charge is -2.28. The van der Waals surface area contributed by atoms with Gasteiger partial charge < -0.3 is 59.9 Å². The summed E-state index contributed by atoms with van der Waals surface area (Å²) in [6.45, 7) is -0.384. The first kappa shape index (κ1) is 32.3. The van der Waals surface area contributed by atoms with Gasteiger partial charge in [-0.15, -0.1) is 0 Å². The minimum Gasteiger partial charge on any atom is -0.394 e. The van der Waals surface area contributed by atoms with E-state index in [9.17, 15) is 48.7 Å². The highest BCUT2D eigenvalue weighted by atomic mass is 31.3. The van der Waals surface area contributed by atoms with Crippen molar-refractivity contribution in [1.29, 1.82) is 0 Å². The molecule has 39 heavy (non-hydrogen) atoms. The van der Waals surface area contributed by atoms with Crippen molar-refractivity contribution in [2.24, 2.45) is 0 Å². The lowest BCUT2D eigenvalue weighted by Crippen LogP contribution is -2.47. The highest BCUT2D eigenvalue weighted by molar-refractivity contribution is 7.66. The van der Waals surface area contributed by atoms with E-state index in [1.54, 1.807) is 0 Å². The number of nitrogens with two attached hydrogens (primary N) is 1. The molecule has 0 spiro atoms. The van der Waals surface area contributed by atoms with Crippen molar-refractivity contribution in [3.05, 3.63) is 22.7 Å². The molecule has 1 aromatic heterocycles. The summed E-state index contributed by atoms with van der Waals surface area (Å²) in [6, 6.07) is 1.14.